The molecule has 1 aliphatic rings. The Balaban J connectivity index is 2.35. The normalized spacial score (nSPS) is 19.8. The van der Waals surface area contributed by atoms with Gasteiger partial charge in [0.2, 0.25) is 0 Å². The van der Waals surface area contributed by atoms with Crippen molar-refractivity contribution in [1.82, 2.24) is 0 Å². The molecule has 0 heterocycles. The van der Waals surface area contributed by atoms with Crippen LogP contribution in [0.3, 0.4) is 0 Å². The summed E-state index contributed by atoms with van der Waals surface area (Å²) in [5.41, 5.74) is 0.903. The van der Waals surface area contributed by atoms with Crippen LogP contribution in [0.4, 0.5) is 0 Å². The van der Waals surface area contributed by atoms with Crippen molar-refractivity contribution in [3.8, 4) is 0 Å². The number of Topliss-reactive ketones (excluding diaryl/α,β-unsaturated/α-hetero) is 1. The Bertz CT molecular complexity index is 253. The Hall–Kier alpha value is -1.12. The number of carbonyl (C=O) groups is 2. The van der Waals surface area contributed by atoms with Crippen LogP contribution in [-0.2, 0) is 14.3 Å². The first kappa shape index (κ1) is 11.0. The van der Waals surface area contributed by atoms with Crippen LogP contribution in [0.15, 0.2) is 11.6 Å². The van der Waals surface area contributed by atoms with E-state index in [2.05, 4.69) is 4.74 Å². The molecule has 0 unspecified atom stereocenters. The molecule has 78 valence electrons. The molecule has 0 aliphatic heterocycles. The predicted octanol–water partition coefficient (Wildman–Crippen LogP) is 2.01. The summed E-state index contributed by atoms with van der Waals surface area (Å²) in [7, 11) is 1.38. The van der Waals surface area contributed by atoms with Crippen molar-refractivity contribution in [3.63, 3.8) is 0 Å². The highest BCUT2D eigenvalue weighted by Gasteiger charge is 2.14. The van der Waals surface area contributed by atoms with E-state index in [9.17, 15) is 9.59 Å². The number of rotatable bonds is 3. The van der Waals surface area contributed by atoms with Gasteiger partial charge in [-0.1, -0.05) is 6.08 Å². The second-order valence-corrected chi connectivity index (χ2v) is 3.47. The molecule has 1 rings (SSSR count). The molecule has 1 fully saturated rings. The van der Waals surface area contributed by atoms with Crippen molar-refractivity contribution in [2.75, 3.05) is 7.11 Å². The van der Waals surface area contributed by atoms with E-state index in [-0.39, 0.29) is 11.8 Å². The number of ether oxygens (including phenoxy) is 1. The highest BCUT2D eigenvalue weighted by atomic mass is 16.5. The SMILES string of the molecule is COC(=O)CC/C=C1/CCCCC1=O. The average molecular weight is 196 g/mol. The van der Waals surface area contributed by atoms with Gasteiger partial charge >= 0.3 is 5.97 Å². The predicted molar refractivity (Wildman–Crippen MR) is 52.8 cm³/mol. The second kappa shape index (κ2) is 5.58. The van der Waals surface area contributed by atoms with Crippen molar-refractivity contribution >= 4 is 11.8 Å². The fraction of sp³-hybridized carbons (Fsp3) is 0.636. The van der Waals surface area contributed by atoms with E-state index < -0.39 is 0 Å². The average Bonchev–Trinajstić information content (AvgIpc) is 2.20. The van der Waals surface area contributed by atoms with E-state index >= 15 is 0 Å². The molecule has 3 heteroatoms. The number of carbonyl (C=O) groups excluding carboxylic acids is 2. The summed E-state index contributed by atoms with van der Waals surface area (Å²) in [5, 5.41) is 0. The summed E-state index contributed by atoms with van der Waals surface area (Å²) < 4.78 is 4.51. The van der Waals surface area contributed by atoms with Crippen LogP contribution in [0.5, 0.6) is 0 Å². The Morgan fingerprint density at radius 1 is 1.43 bits per heavy atom. The molecule has 0 bridgehead atoms. The number of methoxy groups -OCH3 is 1. The maximum Gasteiger partial charge on any atom is 0.305 e. The molecular weight excluding hydrogens is 180 g/mol. The van der Waals surface area contributed by atoms with Crippen molar-refractivity contribution in [1.29, 1.82) is 0 Å². The van der Waals surface area contributed by atoms with Gasteiger partial charge in [0.15, 0.2) is 5.78 Å². The van der Waals surface area contributed by atoms with Gasteiger partial charge in [0.25, 0.3) is 0 Å². The van der Waals surface area contributed by atoms with Crippen LogP contribution < -0.4 is 0 Å². The fourth-order valence-electron chi connectivity index (χ4n) is 1.58. The third-order valence-corrected chi connectivity index (χ3v) is 2.42. The van der Waals surface area contributed by atoms with Gasteiger partial charge in [-0.3, -0.25) is 9.59 Å². The van der Waals surface area contributed by atoms with Gasteiger partial charge in [0, 0.05) is 12.8 Å². The summed E-state index contributed by atoms with van der Waals surface area (Å²) in [4.78, 5) is 22.2. The molecule has 0 saturated heterocycles. The van der Waals surface area contributed by atoms with Crippen LogP contribution in [0, 0.1) is 0 Å². The van der Waals surface area contributed by atoms with E-state index in [0.29, 0.717) is 19.3 Å². The lowest BCUT2D eigenvalue weighted by Crippen LogP contribution is -2.08. The molecular formula is C11H16O3. The molecule has 1 saturated carbocycles. The summed E-state index contributed by atoms with van der Waals surface area (Å²) in [5.74, 6) is 0.0335. The maximum atomic E-state index is 11.4. The third-order valence-electron chi connectivity index (χ3n) is 2.42. The molecule has 0 N–H and O–H groups in total. The summed E-state index contributed by atoms with van der Waals surface area (Å²) in [6, 6.07) is 0. The highest BCUT2D eigenvalue weighted by Crippen LogP contribution is 2.20. The smallest absolute Gasteiger partial charge is 0.305 e. The van der Waals surface area contributed by atoms with Gasteiger partial charge in [-0.25, -0.2) is 0 Å². The lowest BCUT2D eigenvalue weighted by Gasteiger charge is -2.11. The molecule has 0 aromatic heterocycles. The number of hydrogen-bond donors (Lipinski definition) is 0. The minimum Gasteiger partial charge on any atom is -0.469 e. The van der Waals surface area contributed by atoms with Crippen LogP contribution in [0.1, 0.15) is 38.5 Å². The second-order valence-electron chi connectivity index (χ2n) is 3.47. The maximum absolute atomic E-state index is 11.4. The van der Waals surface area contributed by atoms with E-state index in [4.69, 9.17) is 0 Å². The van der Waals surface area contributed by atoms with Gasteiger partial charge in [-0.2, -0.15) is 0 Å². The van der Waals surface area contributed by atoms with Gasteiger partial charge < -0.3 is 4.74 Å². The van der Waals surface area contributed by atoms with Gasteiger partial charge in [0.05, 0.1) is 7.11 Å². The van der Waals surface area contributed by atoms with E-state index in [1.165, 1.54) is 7.11 Å². The van der Waals surface area contributed by atoms with Crippen LogP contribution in [0.2, 0.25) is 0 Å². The van der Waals surface area contributed by atoms with Crippen molar-refractivity contribution in [2.45, 2.75) is 38.5 Å². The standard InChI is InChI=1S/C11H16O3/c1-14-11(13)8-4-6-9-5-2-3-7-10(9)12/h6H,2-5,7-8H2,1H3/b9-6-. The number of esters is 1. The first-order valence-electron chi connectivity index (χ1n) is 5.03. The highest BCUT2D eigenvalue weighted by molar-refractivity contribution is 5.95. The van der Waals surface area contributed by atoms with Gasteiger partial charge in [0.1, 0.15) is 0 Å². The van der Waals surface area contributed by atoms with Crippen LogP contribution in [-0.4, -0.2) is 18.9 Å². The molecule has 0 aromatic carbocycles. The van der Waals surface area contributed by atoms with E-state index in [0.717, 1.165) is 24.8 Å². The summed E-state index contributed by atoms with van der Waals surface area (Å²) in [6.07, 6.45) is 6.52. The van der Waals surface area contributed by atoms with E-state index in [1.54, 1.807) is 0 Å². The first-order chi connectivity index (χ1) is 6.74. The Morgan fingerprint density at radius 2 is 2.14 bits per heavy atom. The monoisotopic (exact) mass is 196 g/mol. The Kier molecular flexibility index (Phi) is 4.36. The zero-order valence-corrected chi connectivity index (χ0v) is 8.54. The molecule has 14 heavy (non-hydrogen) atoms. The number of ketones is 1. The lowest BCUT2D eigenvalue weighted by molar-refractivity contribution is -0.140. The molecule has 1 aliphatic carbocycles. The zero-order valence-electron chi connectivity index (χ0n) is 8.54. The zero-order chi connectivity index (χ0) is 10.4. The fourth-order valence-corrected chi connectivity index (χ4v) is 1.58. The van der Waals surface area contributed by atoms with E-state index in [1.807, 2.05) is 6.08 Å². The Labute approximate surface area is 84.1 Å². The molecule has 0 radical (unpaired) electrons. The van der Waals surface area contributed by atoms with Crippen molar-refractivity contribution in [2.24, 2.45) is 0 Å². The van der Waals surface area contributed by atoms with Crippen LogP contribution in [0.25, 0.3) is 0 Å². The van der Waals surface area contributed by atoms with Crippen molar-refractivity contribution < 1.29 is 14.3 Å². The third kappa shape index (κ3) is 3.32. The number of hydrogen-bond acceptors (Lipinski definition) is 3. The molecule has 3 nitrogen and oxygen atoms in total. The van der Waals surface area contributed by atoms with Crippen molar-refractivity contribution in [3.05, 3.63) is 11.6 Å². The topological polar surface area (TPSA) is 43.4 Å². The number of allylic oxidation sites excluding steroid dienone is 2. The molecule has 0 aromatic rings. The molecule has 0 spiro atoms. The largest absolute Gasteiger partial charge is 0.469 e. The Morgan fingerprint density at radius 3 is 2.79 bits per heavy atom. The summed E-state index contributed by atoms with van der Waals surface area (Å²) in [6.45, 7) is 0. The van der Waals surface area contributed by atoms with Crippen LogP contribution >= 0.6 is 0 Å². The van der Waals surface area contributed by atoms with Gasteiger partial charge in [-0.15, -0.1) is 0 Å². The lowest BCUT2D eigenvalue weighted by atomic mass is 9.93. The minimum absolute atomic E-state index is 0.217. The minimum atomic E-state index is -0.217. The first-order valence-corrected chi connectivity index (χ1v) is 5.03. The summed E-state index contributed by atoms with van der Waals surface area (Å²) >= 11 is 0. The molecule has 0 atom stereocenters. The molecule has 0 amide bonds. The van der Waals surface area contributed by atoms with Gasteiger partial charge in [-0.05, 0) is 31.3 Å². The quantitative estimate of drug-likeness (QED) is 0.512.